The Labute approximate surface area is 107 Å². The molecule has 18 heavy (non-hydrogen) atoms. The molecule has 3 nitrogen and oxygen atoms in total. The average Bonchev–Trinajstić information content (AvgIpc) is 3.15. The highest BCUT2D eigenvalue weighted by Gasteiger charge is 2.29. The first kappa shape index (κ1) is 11.3. The third-order valence-corrected chi connectivity index (χ3v) is 3.65. The highest BCUT2D eigenvalue weighted by atomic mass is 16.2. The first-order chi connectivity index (χ1) is 8.75. The molecule has 1 aliphatic carbocycles. The van der Waals surface area contributed by atoms with Gasteiger partial charge in [-0.3, -0.25) is 4.79 Å². The van der Waals surface area contributed by atoms with Crippen molar-refractivity contribution in [1.29, 1.82) is 0 Å². The maximum Gasteiger partial charge on any atom is 0.223 e. The van der Waals surface area contributed by atoms with Gasteiger partial charge < -0.3 is 10.3 Å². The Bertz CT molecular complexity index is 581. The van der Waals surface area contributed by atoms with E-state index in [1.807, 2.05) is 6.07 Å². The molecule has 1 aromatic heterocycles. The van der Waals surface area contributed by atoms with Crippen LogP contribution in [0.5, 0.6) is 0 Å². The second kappa shape index (κ2) is 4.48. The van der Waals surface area contributed by atoms with Crippen molar-refractivity contribution in [2.75, 3.05) is 6.54 Å². The molecule has 0 spiro atoms. The van der Waals surface area contributed by atoms with Crippen molar-refractivity contribution in [1.82, 2.24) is 10.3 Å². The number of carbonyl (C=O) groups is 1. The third-order valence-electron chi connectivity index (χ3n) is 3.65. The Morgan fingerprint density at radius 2 is 2.17 bits per heavy atom. The van der Waals surface area contributed by atoms with Crippen LogP contribution in [-0.2, 0) is 11.2 Å². The number of benzene rings is 1. The molecule has 2 aromatic rings. The number of aromatic amines is 1. The Morgan fingerprint density at radius 3 is 2.94 bits per heavy atom. The van der Waals surface area contributed by atoms with Gasteiger partial charge in [-0.1, -0.05) is 18.2 Å². The SMILES string of the molecule is Cc1[nH]c2ccccc2c1CCNC(=O)C1CC1. The van der Waals surface area contributed by atoms with Gasteiger partial charge >= 0.3 is 0 Å². The molecule has 1 fully saturated rings. The third kappa shape index (κ3) is 2.13. The van der Waals surface area contributed by atoms with Gasteiger partial charge in [-0.25, -0.2) is 0 Å². The van der Waals surface area contributed by atoms with E-state index in [4.69, 9.17) is 0 Å². The van der Waals surface area contributed by atoms with Gasteiger partial charge in [-0.2, -0.15) is 0 Å². The summed E-state index contributed by atoms with van der Waals surface area (Å²) in [5.74, 6) is 0.529. The summed E-state index contributed by atoms with van der Waals surface area (Å²) in [6.45, 7) is 2.83. The zero-order chi connectivity index (χ0) is 12.5. The van der Waals surface area contributed by atoms with E-state index in [0.29, 0.717) is 5.92 Å². The molecule has 0 aliphatic heterocycles. The molecule has 0 atom stereocenters. The largest absolute Gasteiger partial charge is 0.358 e. The van der Waals surface area contributed by atoms with Crippen molar-refractivity contribution in [2.45, 2.75) is 26.2 Å². The van der Waals surface area contributed by atoms with E-state index >= 15 is 0 Å². The molecule has 1 aromatic carbocycles. The van der Waals surface area contributed by atoms with Crippen molar-refractivity contribution in [3.05, 3.63) is 35.5 Å². The number of para-hydroxylation sites is 1. The molecule has 1 saturated carbocycles. The van der Waals surface area contributed by atoms with Crippen molar-refractivity contribution in [2.24, 2.45) is 5.92 Å². The van der Waals surface area contributed by atoms with E-state index in [-0.39, 0.29) is 5.91 Å². The van der Waals surface area contributed by atoms with Crippen LogP contribution in [0.3, 0.4) is 0 Å². The van der Waals surface area contributed by atoms with Crippen LogP contribution in [0.15, 0.2) is 24.3 Å². The highest BCUT2D eigenvalue weighted by Crippen LogP contribution is 2.28. The van der Waals surface area contributed by atoms with E-state index in [0.717, 1.165) is 25.8 Å². The fourth-order valence-corrected chi connectivity index (χ4v) is 2.46. The lowest BCUT2D eigenvalue weighted by molar-refractivity contribution is -0.122. The van der Waals surface area contributed by atoms with E-state index in [1.54, 1.807) is 0 Å². The Kier molecular flexibility index (Phi) is 2.82. The van der Waals surface area contributed by atoms with E-state index < -0.39 is 0 Å². The van der Waals surface area contributed by atoms with Crippen LogP contribution in [0, 0.1) is 12.8 Å². The number of amides is 1. The molecule has 0 saturated heterocycles. The monoisotopic (exact) mass is 242 g/mol. The lowest BCUT2D eigenvalue weighted by Crippen LogP contribution is -2.27. The molecular formula is C15H18N2O. The first-order valence-electron chi connectivity index (χ1n) is 6.59. The van der Waals surface area contributed by atoms with Gasteiger partial charge in [-0.05, 0) is 37.8 Å². The fourth-order valence-electron chi connectivity index (χ4n) is 2.46. The summed E-state index contributed by atoms with van der Waals surface area (Å²) >= 11 is 0. The summed E-state index contributed by atoms with van der Waals surface area (Å²) < 4.78 is 0. The van der Waals surface area contributed by atoms with Crippen molar-refractivity contribution in [3.63, 3.8) is 0 Å². The molecule has 0 bridgehead atoms. The quantitative estimate of drug-likeness (QED) is 0.850. The predicted molar refractivity (Wildman–Crippen MR) is 72.5 cm³/mol. The minimum Gasteiger partial charge on any atom is -0.358 e. The summed E-state index contributed by atoms with van der Waals surface area (Å²) in [4.78, 5) is 15.0. The Hall–Kier alpha value is -1.77. The van der Waals surface area contributed by atoms with E-state index in [1.165, 1.54) is 22.2 Å². The number of hydrogen-bond acceptors (Lipinski definition) is 1. The number of carbonyl (C=O) groups excluding carboxylic acids is 1. The molecule has 0 unspecified atom stereocenters. The number of fused-ring (bicyclic) bond motifs is 1. The standard InChI is InChI=1S/C15H18N2O/c1-10-12(8-9-16-15(18)11-6-7-11)13-4-2-3-5-14(13)17-10/h2-5,11,17H,6-9H2,1H3,(H,16,18). The van der Waals surface area contributed by atoms with Crippen molar-refractivity contribution in [3.8, 4) is 0 Å². The minimum absolute atomic E-state index is 0.229. The molecule has 1 amide bonds. The summed E-state index contributed by atoms with van der Waals surface area (Å²) in [5, 5.41) is 4.30. The number of hydrogen-bond donors (Lipinski definition) is 2. The number of rotatable bonds is 4. The lowest BCUT2D eigenvalue weighted by Gasteiger charge is -2.04. The second-order valence-electron chi connectivity index (χ2n) is 5.09. The van der Waals surface area contributed by atoms with Gasteiger partial charge in [0.2, 0.25) is 5.91 Å². The van der Waals surface area contributed by atoms with Crippen LogP contribution >= 0.6 is 0 Å². The van der Waals surface area contributed by atoms with Gasteiger partial charge in [0.1, 0.15) is 0 Å². The molecule has 94 valence electrons. The summed E-state index contributed by atoms with van der Waals surface area (Å²) in [6, 6.07) is 8.32. The maximum absolute atomic E-state index is 11.6. The summed E-state index contributed by atoms with van der Waals surface area (Å²) in [5.41, 5.74) is 3.71. The Morgan fingerprint density at radius 1 is 1.39 bits per heavy atom. The molecule has 0 radical (unpaired) electrons. The number of aryl methyl sites for hydroxylation is 1. The number of nitrogens with one attached hydrogen (secondary N) is 2. The van der Waals surface area contributed by atoms with Crippen LogP contribution in [0.2, 0.25) is 0 Å². The van der Waals surface area contributed by atoms with Gasteiger partial charge in [0.05, 0.1) is 0 Å². The molecule has 3 heteroatoms. The fraction of sp³-hybridized carbons (Fsp3) is 0.400. The van der Waals surface area contributed by atoms with Gasteiger partial charge in [0, 0.05) is 29.1 Å². The zero-order valence-corrected chi connectivity index (χ0v) is 10.6. The first-order valence-corrected chi connectivity index (χ1v) is 6.59. The van der Waals surface area contributed by atoms with E-state index in [2.05, 4.69) is 35.4 Å². The number of H-pyrrole nitrogens is 1. The summed E-state index contributed by atoms with van der Waals surface area (Å²) in [7, 11) is 0. The zero-order valence-electron chi connectivity index (χ0n) is 10.6. The average molecular weight is 242 g/mol. The second-order valence-corrected chi connectivity index (χ2v) is 5.09. The predicted octanol–water partition coefficient (Wildman–Crippen LogP) is 2.55. The summed E-state index contributed by atoms with van der Waals surface area (Å²) in [6.07, 6.45) is 3.03. The topological polar surface area (TPSA) is 44.9 Å². The molecular weight excluding hydrogens is 224 g/mol. The molecule has 3 rings (SSSR count). The van der Waals surface area contributed by atoms with Crippen LogP contribution in [0.4, 0.5) is 0 Å². The van der Waals surface area contributed by atoms with Crippen molar-refractivity contribution >= 4 is 16.8 Å². The molecule has 1 heterocycles. The Balaban J connectivity index is 1.69. The normalized spacial score (nSPS) is 14.9. The lowest BCUT2D eigenvalue weighted by atomic mass is 10.1. The molecule has 1 aliphatic rings. The maximum atomic E-state index is 11.6. The van der Waals surface area contributed by atoms with Crippen LogP contribution in [0.1, 0.15) is 24.1 Å². The van der Waals surface area contributed by atoms with Crippen LogP contribution in [-0.4, -0.2) is 17.4 Å². The highest BCUT2D eigenvalue weighted by molar-refractivity contribution is 5.85. The smallest absolute Gasteiger partial charge is 0.223 e. The van der Waals surface area contributed by atoms with Crippen LogP contribution in [0.25, 0.3) is 10.9 Å². The van der Waals surface area contributed by atoms with Crippen molar-refractivity contribution < 1.29 is 4.79 Å². The van der Waals surface area contributed by atoms with Gasteiger partial charge in [-0.15, -0.1) is 0 Å². The minimum atomic E-state index is 0.229. The van der Waals surface area contributed by atoms with Crippen LogP contribution < -0.4 is 5.32 Å². The number of aromatic nitrogens is 1. The van der Waals surface area contributed by atoms with E-state index in [9.17, 15) is 4.79 Å². The van der Waals surface area contributed by atoms with Gasteiger partial charge in [0.15, 0.2) is 0 Å². The van der Waals surface area contributed by atoms with Gasteiger partial charge in [0.25, 0.3) is 0 Å². The molecule has 2 N–H and O–H groups in total.